The number of nitrogens with one attached hydrogen (secondary N) is 2. The Kier molecular flexibility index (Phi) is 4.79. The molecule has 1 aliphatic heterocycles. The molecule has 0 saturated heterocycles. The van der Waals surface area contributed by atoms with Gasteiger partial charge >= 0.3 is 0 Å². The number of nitrogens with two attached hydrogens (primary N) is 1. The quantitative estimate of drug-likeness (QED) is 0.648. The van der Waals surface area contributed by atoms with Gasteiger partial charge in [-0.2, -0.15) is 10.1 Å². The van der Waals surface area contributed by atoms with E-state index >= 15 is 0 Å². The Hall–Kier alpha value is -2.93. The topological polar surface area (TPSA) is 93.7 Å². The number of anilines is 2. The van der Waals surface area contributed by atoms with Crippen molar-refractivity contribution in [2.24, 2.45) is 0 Å². The molecule has 2 aromatic heterocycles. The van der Waals surface area contributed by atoms with Gasteiger partial charge in [0.05, 0.1) is 12.2 Å². The van der Waals surface area contributed by atoms with E-state index < -0.39 is 0 Å². The lowest BCUT2D eigenvalue weighted by Gasteiger charge is -2.15. The lowest BCUT2D eigenvalue weighted by atomic mass is 10.1. The zero-order chi connectivity index (χ0) is 17.8. The van der Waals surface area contributed by atoms with Gasteiger partial charge in [0.1, 0.15) is 5.82 Å². The molecule has 3 aromatic rings. The molecule has 1 aromatic carbocycles. The van der Waals surface area contributed by atoms with E-state index in [1.807, 2.05) is 16.9 Å². The minimum atomic E-state index is 0.331. The number of rotatable bonds is 5. The first kappa shape index (κ1) is 16.5. The van der Waals surface area contributed by atoms with Crippen LogP contribution in [0.15, 0.2) is 42.7 Å². The van der Waals surface area contributed by atoms with Crippen LogP contribution in [0.2, 0.25) is 0 Å². The van der Waals surface area contributed by atoms with Gasteiger partial charge in [-0.3, -0.25) is 4.68 Å². The van der Waals surface area contributed by atoms with E-state index in [4.69, 9.17) is 5.73 Å². The minimum Gasteiger partial charge on any atom is -0.368 e. The van der Waals surface area contributed by atoms with E-state index in [9.17, 15) is 0 Å². The highest BCUT2D eigenvalue weighted by atomic mass is 15.3. The molecular formula is C19H23N7. The fourth-order valence-electron chi connectivity index (χ4n) is 3.34. The average Bonchev–Trinajstić information content (AvgIpc) is 3.04. The van der Waals surface area contributed by atoms with Crippen molar-refractivity contribution in [2.45, 2.75) is 25.9 Å². The molecule has 7 heteroatoms. The van der Waals surface area contributed by atoms with Crippen LogP contribution in [-0.4, -0.2) is 32.8 Å². The van der Waals surface area contributed by atoms with Crippen molar-refractivity contribution in [3.8, 4) is 0 Å². The molecule has 3 heterocycles. The molecule has 26 heavy (non-hydrogen) atoms. The lowest BCUT2D eigenvalue weighted by molar-refractivity contribution is 0.682. The van der Waals surface area contributed by atoms with Crippen LogP contribution in [0.25, 0.3) is 0 Å². The number of benzene rings is 1. The van der Waals surface area contributed by atoms with Crippen molar-refractivity contribution in [1.82, 2.24) is 25.1 Å². The molecule has 0 radical (unpaired) electrons. The third-order valence-electron chi connectivity index (χ3n) is 4.66. The summed E-state index contributed by atoms with van der Waals surface area (Å²) in [4.78, 5) is 8.89. The summed E-state index contributed by atoms with van der Waals surface area (Å²) >= 11 is 0. The first-order valence-electron chi connectivity index (χ1n) is 8.93. The maximum atomic E-state index is 5.93. The predicted octanol–water partition coefficient (Wildman–Crippen LogP) is 1.60. The van der Waals surface area contributed by atoms with Gasteiger partial charge in [0.15, 0.2) is 0 Å². The molecule has 0 atom stereocenters. The third-order valence-corrected chi connectivity index (χ3v) is 4.66. The molecule has 0 amide bonds. The maximum absolute atomic E-state index is 5.93. The largest absolute Gasteiger partial charge is 0.368 e. The van der Waals surface area contributed by atoms with Gasteiger partial charge in [0.2, 0.25) is 5.95 Å². The molecule has 4 rings (SSSR count). The summed E-state index contributed by atoms with van der Waals surface area (Å²) in [6.45, 7) is 3.30. The number of aromatic nitrogens is 4. The Labute approximate surface area is 152 Å². The lowest BCUT2D eigenvalue weighted by Crippen LogP contribution is -2.16. The summed E-state index contributed by atoms with van der Waals surface area (Å²) in [5.41, 5.74) is 10.6. The molecule has 0 spiro atoms. The van der Waals surface area contributed by atoms with Crippen molar-refractivity contribution < 1.29 is 0 Å². The van der Waals surface area contributed by atoms with Gasteiger partial charge in [-0.25, -0.2) is 4.98 Å². The van der Waals surface area contributed by atoms with Crippen molar-refractivity contribution >= 4 is 11.8 Å². The zero-order valence-corrected chi connectivity index (χ0v) is 14.7. The van der Waals surface area contributed by atoms with Crippen molar-refractivity contribution in [3.63, 3.8) is 0 Å². The second-order valence-corrected chi connectivity index (χ2v) is 6.43. The summed E-state index contributed by atoms with van der Waals surface area (Å²) in [5.74, 6) is 1.18. The van der Waals surface area contributed by atoms with Gasteiger partial charge in [0, 0.05) is 37.5 Å². The molecule has 0 aliphatic carbocycles. The van der Waals surface area contributed by atoms with E-state index in [2.05, 4.69) is 50.0 Å². The zero-order valence-electron chi connectivity index (χ0n) is 14.7. The Morgan fingerprint density at radius 2 is 1.92 bits per heavy atom. The van der Waals surface area contributed by atoms with Crippen LogP contribution in [0.1, 0.15) is 22.4 Å². The van der Waals surface area contributed by atoms with Crippen molar-refractivity contribution in [3.05, 3.63) is 65.1 Å². The molecule has 0 bridgehead atoms. The molecule has 0 fully saturated rings. The summed E-state index contributed by atoms with van der Waals surface area (Å²) in [7, 11) is 0. The van der Waals surface area contributed by atoms with Crippen LogP contribution in [0, 0.1) is 0 Å². The molecule has 1 aliphatic rings. The van der Waals surface area contributed by atoms with E-state index in [0.29, 0.717) is 12.5 Å². The van der Waals surface area contributed by atoms with Gasteiger partial charge in [0.25, 0.3) is 0 Å². The van der Waals surface area contributed by atoms with E-state index in [0.717, 1.165) is 44.0 Å². The van der Waals surface area contributed by atoms with Gasteiger partial charge < -0.3 is 16.4 Å². The van der Waals surface area contributed by atoms with Crippen molar-refractivity contribution in [2.75, 3.05) is 24.1 Å². The molecular weight excluding hydrogens is 326 g/mol. The second-order valence-electron chi connectivity index (χ2n) is 6.43. The Morgan fingerprint density at radius 1 is 1.08 bits per heavy atom. The molecule has 0 saturated carbocycles. The summed E-state index contributed by atoms with van der Waals surface area (Å²) in [5, 5.41) is 11.2. The van der Waals surface area contributed by atoms with Gasteiger partial charge in [-0.15, -0.1) is 0 Å². The summed E-state index contributed by atoms with van der Waals surface area (Å²) in [6.07, 6.45) is 5.57. The highest BCUT2D eigenvalue weighted by Gasteiger charge is 2.16. The van der Waals surface area contributed by atoms with Crippen LogP contribution >= 0.6 is 0 Å². The molecule has 4 N–H and O–H groups in total. The summed E-state index contributed by atoms with van der Waals surface area (Å²) < 4.78 is 1.93. The normalized spacial score (nSPS) is 13.8. The predicted molar refractivity (Wildman–Crippen MR) is 102 cm³/mol. The standard InChI is InChI=1S/C19H23N7/c20-19-24-17-7-10-21-9-6-16(17)18(25-19)22-12-14-4-1-2-5-15(14)13-26-11-3-8-23-26/h1-5,8,11,21H,6-7,9-10,12-13H2,(H3,20,22,24,25). The minimum absolute atomic E-state index is 0.331. The van der Waals surface area contributed by atoms with E-state index in [1.165, 1.54) is 16.7 Å². The monoisotopic (exact) mass is 349 g/mol. The fraction of sp³-hybridized carbons (Fsp3) is 0.316. The van der Waals surface area contributed by atoms with E-state index in [1.54, 1.807) is 6.20 Å². The number of fused-ring (bicyclic) bond motifs is 1. The highest BCUT2D eigenvalue weighted by Crippen LogP contribution is 2.22. The first-order chi connectivity index (χ1) is 12.8. The van der Waals surface area contributed by atoms with Crippen LogP contribution in [0.5, 0.6) is 0 Å². The molecule has 7 nitrogen and oxygen atoms in total. The Morgan fingerprint density at radius 3 is 2.77 bits per heavy atom. The van der Waals surface area contributed by atoms with Gasteiger partial charge in [-0.05, 0) is 30.2 Å². The highest BCUT2D eigenvalue weighted by molar-refractivity contribution is 5.51. The summed E-state index contributed by atoms with van der Waals surface area (Å²) in [6, 6.07) is 10.3. The first-order valence-corrected chi connectivity index (χ1v) is 8.93. The smallest absolute Gasteiger partial charge is 0.222 e. The Balaban J connectivity index is 1.56. The third kappa shape index (κ3) is 3.67. The van der Waals surface area contributed by atoms with Crippen molar-refractivity contribution in [1.29, 1.82) is 0 Å². The SMILES string of the molecule is Nc1nc2c(c(NCc3ccccc3Cn3cccn3)n1)CCNCC2. The number of nitrogen functional groups attached to an aromatic ring is 1. The number of hydrogen-bond donors (Lipinski definition) is 3. The van der Waals surface area contributed by atoms with Crippen LogP contribution in [0.3, 0.4) is 0 Å². The Bertz CT molecular complexity index is 874. The maximum Gasteiger partial charge on any atom is 0.222 e. The van der Waals surface area contributed by atoms with Crippen LogP contribution in [0.4, 0.5) is 11.8 Å². The average molecular weight is 349 g/mol. The number of nitrogens with zero attached hydrogens (tertiary/aromatic N) is 4. The molecule has 134 valence electrons. The second kappa shape index (κ2) is 7.53. The molecule has 0 unspecified atom stereocenters. The number of hydrogen-bond acceptors (Lipinski definition) is 6. The van der Waals surface area contributed by atoms with E-state index in [-0.39, 0.29) is 0 Å². The fourth-order valence-corrected chi connectivity index (χ4v) is 3.34. The van der Waals surface area contributed by atoms with Gasteiger partial charge in [-0.1, -0.05) is 24.3 Å². The van der Waals surface area contributed by atoms with Crippen LogP contribution in [-0.2, 0) is 25.9 Å². The van der Waals surface area contributed by atoms with Crippen LogP contribution < -0.4 is 16.4 Å².